The lowest BCUT2D eigenvalue weighted by Crippen LogP contribution is -2.18. The van der Waals surface area contributed by atoms with Gasteiger partial charge in [0.15, 0.2) is 23.1 Å². The molecule has 2 aromatic heterocycles. The SMILES string of the molecule is FC(F)(F)Oc1cc(I)ccc1Nc1nc2nonc2nc1Nc1ccc(I)cc1OC(F)(F)F. The van der Waals surface area contributed by atoms with Gasteiger partial charge in [-0.2, -0.15) is 0 Å². The van der Waals surface area contributed by atoms with E-state index in [4.69, 9.17) is 0 Å². The van der Waals surface area contributed by atoms with Gasteiger partial charge in [0.25, 0.3) is 0 Å². The molecular formula is C18H8F6I2N6O3. The van der Waals surface area contributed by atoms with Crippen LogP contribution in [0.25, 0.3) is 11.3 Å². The molecule has 4 aromatic rings. The number of nitrogens with zero attached hydrogens (tertiary/aromatic N) is 4. The van der Waals surface area contributed by atoms with Gasteiger partial charge in [0.2, 0.25) is 11.3 Å². The molecule has 0 amide bonds. The van der Waals surface area contributed by atoms with Crippen LogP contribution in [0.1, 0.15) is 0 Å². The number of benzene rings is 2. The third-order valence-electron chi connectivity index (χ3n) is 3.96. The van der Waals surface area contributed by atoms with Crippen LogP contribution in [0, 0.1) is 7.14 Å². The summed E-state index contributed by atoms with van der Waals surface area (Å²) in [4.78, 5) is 8.20. The average molecular weight is 724 g/mol. The van der Waals surface area contributed by atoms with E-state index < -0.39 is 24.2 Å². The number of halogens is 8. The number of alkyl halides is 6. The van der Waals surface area contributed by atoms with Gasteiger partial charge < -0.3 is 20.1 Å². The number of nitrogens with one attached hydrogen (secondary N) is 2. The van der Waals surface area contributed by atoms with E-state index in [1.807, 2.05) is 0 Å². The first-order valence-electron chi connectivity index (χ1n) is 9.01. The fourth-order valence-electron chi connectivity index (χ4n) is 2.68. The molecule has 9 nitrogen and oxygen atoms in total. The number of ether oxygens (including phenoxy) is 2. The van der Waals surface area contributed by atoms with Crippen molar-refractivity contribution in [3.63, 3.8) is 0 Å². The van der Waals surface area contributed by atoms with Crippen LogP contribution in [-0.4, -0.2) is 33.0 Å². The van der Waals surface area contributed by atoms with Crippen LogP contribution in [0.3, 0.4) is 0 Å². The Hall–Kier alpha value is -2.84. The normalized spacial score (nSPS) is 12.0. The van der Waals surface area contributed by atoms with E-state index in [1.54, 1.807) is 45.2 Å². The predicted octanol–water partition coefficient (Wildman–Crippen LogP) is 6.51. The summed E-state index contributed by atoms with van der Waals surface area (Å²) >= 11 is 3.60. The maximum atomic E-state index is 12.9. The highest BCUT2D eigenvalue weighted by molar-refractivity contribution is 14.1. The van der Waals surface area contributed by atoms with Crippen LogP contribution >= 0.6 is 45.2 Å². The van der Waals surface area contributed by atoms with Crippen LogP contribution in [0.5, 0.6) is 11.5 Å². The van der Waals surface area contributed by atoms with Crippen molar-refractivity contribution in [3.05, 3.63) is 43.5 Å². The summed E-state index contributed by atoms with van der Waals surface area (Å²) in [6, 6.07) is 7.84. The molecule has 0 radical (unpaired) electrons. The minimum atomic E-state index is -4.99. The molecular weight excluding hydrogens is 716 g/mol. The molecule has 4 rings (SSSR count). The molecule has 0 saturated heterocycles. The smallest absolute Gasteiger partial charge is 0.404 e. The van der Waals surface area contributed by atoms with E-state index in [-0.39, 0.29) is 34.3 Å². The molecule has 2 N–H and O–H groups in total. The topological polar surface area (TPSA) is 107 Å². The lowest BCUT2D eigenvalue weighted by atomic mass is 10.2. The lowest BCUT2D eigenvalue weighted by molar-refractivity contribution is -0.275. The van der Waals surface area contributed by atoms with Crippen molar-refractivity contribution in [2.24, 2.45) is 0 Å². The van der Waals surface area contributed by atoms with Crippen molar-refractivity contribution in [1.29, 1.82) is 0 Å². The van der Waals surface area contributed by atoms with Crippen molar-refractivity contribution in [1.82, 2.24) is 20.3 Å². The Bertz CT molecular complexity index is 1280. The molecule has 184 valence electrons. The molecule has 0 bridgehead atoms. The molecule has 0 unspecified atom stereocenters. The zero-order valence-electron chi connectivity index (χ0n) is 16.5. The number of rotatable bonds is 6. The summed E-state index contributed by atoms with van der Waals surface area (Å²) in [5.74, 6) is -1.58. The van der Waals surface area contributed by atoms with Crippen molar-refractivity contribution >= 4 is 79.5 Å². The van der Waals surface area contributed by atoms with E-state index >= 15 is 0 Å². The maximum Gasteiger partial charge on any atom is 0.573 e. The van der Waals surface area contributed by atoms with Gasteiger partial charge in [-0.1, -0.05) is 0 Å². The molecule has 0 spiro atoms. The van der Waals surface area contributed by atoms with Crippen molar-refractivity contribution in [2.45, 2.75) is 12.7 Å². The summed E-state index contributed by atoms with van der Waals surface area (Å²) in [7, 11) is 0. The zero-order chi connectivity index (χ0) is 25.4. The van der Waals surface area contributed by atoms with E-state index in [1.165, 1.54) is 24.3 Å². The largest absolute Gasteiger partial charge is 0.573 e. The number of anilines is 4. The Kier molecular flexibility index (Phi) is 6.97. The van der Waals surface area contributed by atoms with Gasteiger partial charge in [-0.3, -0.25) is 0 Å². The second-order valence-corrected chi connectivity index (χ2v) is 8.95. The van der Waals surface area contributed by atoms with Crippen molar-refractivity contribution < 1.29 is 40.4 Å². The van der Waals surface area contributed by atoms with Gasteiger partial charge in [-0.25, -0.2) is 14.6 Å². The zero-order valence-corrected chi connectivity index (χ0v) is 20.8. The molecule has 0 aliphatic carbocycles. The molecule has 0 fully saturated rings. The molecule has 0 aliphatic heterocycles. The molecule has 2 heterocycles. The van der Waals surface area contributed by atoms with E-state index in [0.717, 1.165) is 12.1 Å². The Morgan fingerprint density at radius 2 is 1.09 bits per heavy atom. The first kappa shape index (κ1) is 25.3. The summed E-state index contributed by atoms with van der Waals surface area (Å²) in [5.41, 5.74) is -0.553. The summed E-state index contributed by atoms with van der Waals surface area (Å²) < 4.78 is 91.0. The minimum absolute atomic E-state index is 0.115. The van der Waals surface area contributed by atoms with E-state index in [9.17, 15) is 26.3 Å². The van der Waals surface area contributed by atoms with Gasteiger partial charge in [0.1, 0.15) is 0 Å². The highest BCUT2D eigenvalue weighted by atomic mass is 127. The van der Waals surface area contributed by atoms with Gasteiger partial charge in [-0.05, 0) is 91.9 Å². The van der Waals surface area contributed by atoms with E-state index in [0.29, 0.717) is 7.14 Å². The standard InChI is InChI=1S/C18H8F6I2N6O3/c19-17(20,21)33-11-5-7(25)1-3-9(11)27-13-14(30-16-15(29-13)31-35-32-16)28-10-4-2-8(26)6-12(10)34-18(22,23)24/h1-6H,(H,27,29,31)(H,28,30,32). The monoisotopic (exact) mass is 724 g/mol. The molecule has 0 saturated carbocycles. The van der Waals surface area contributed by atoms with Crippen molar-refractivity contribution in [2.75, 3.05) is 10.6 Å². The highest BCUT2D eigenvalue weighted by Crippen LogP contribution is 2.38. The molecule has 2 aromatic carbocycles. The second kappa shape index (κ2) is 9.66. The molecule has 0 atom stereocenters. The summed E-state index contributed by atoms with van der Waals surface area (Å²) in [6.45, 7) is 0. The van der Waals surface area contributed by atoms with Crippen LogP contribution in [0.15, 0.2) is 41.0 Å². The Morgan fingerprint density at radius 3 is 1.46 bits per heavy atom. The van der Waals surface area contributed by atoms with Crippen LogP contribution in [-0.2, 0) is 0 Å². The first-order chi connectivity index (χ1) is 16.4. The minimum Gasteiger partial charge on any atom is -0.404 e. The number of fused-ring (bicyclic) bond motifs is 1. The fraction of sp³-hybridized carbons (Fsp3) is 0.111. The van der Waals surface area contributed by atoms with E-state index in [2.05, 4.69) is 45.0 Å². The van der Waals surface area contributed by atoms with Gasteiger partial charge in [0, 0.05) is 7.14 Å². The lowest BCUT2D eigenvalue weighted by Gasteiger charge is -2.18. The quantitative estimate of drug-likeness (QED) is 0.170. The predicted molar refractivity (Wildman–Crippen MR) is 126 cm³/mol. The summed E-state index contributed by atoms with van der Waals surface area (Å²) in [6.07, 6.45) is -9.97. The van der Waals surface area contributed by atoms with Gasteiger partial charge in [0.05, 0.1) is 11.4 Å². The summed E-state index contributed by atoms with van der Waals surface area (Å²) in [5, 5.41) is 12.3. The van der Waals surface area contributed by atoms with Crippen LogP contribution in [0.2, 0.25) is 0 Å². The molecule has 0 aliphatic rings. The Labute approximate surface area is 217 Å². The van der Waals surface area contributed by atoms with Gasteiger partial charge >= 0.3 is 12.7 Å². The number of hydrogen-bond donors (Lipinski definition) is 2. The van der Waals surface area contributed by atoms with Gasteiger partial charge in [-0.15, -0.1) is 26.3 Å². The van der Waals surface area contributed by atoms with Crippen LogP contribution in [0.4, 0.5) is 49.4 Å². The number of aromatic nitrogens is 4. The van der Waals surface area contributed by atoms with Crippen molar-refractivity contribution in [3.8, 4) is 11.5 Å². The second-order valence-electron chi connectivity index (χ2n) is 6.46. The molecule has 17 heteroatoms. The average Bonchev–Trinajstić information content (AvgIpc) is 3.17. The highest BCUT2D eigenvalue weighted by Gasteiger charge is 2.33. The molecule has 35 heavy (non-hydrogen) atoms. The first-order valence-corrected chi connectivity index (χ1v) is 11.2. The number of hydrogen-bond acceptors (Lipinski definition) is 9. The van der Waals surface area contributed by atoms with Crippen LogP contribution < -0.4 is 20.1 Å². The Balaban J connectivity index is 1.77. The fourth-order valence-corrected chi connectivity index (χ4v) is 3.61. The third kappa shape index (κ3) is 6.64. The maximum absolute atomic E-state index is 12.9. The third-order valence-corrected chi connectivity index (χ3v) is 5.30. The Morgan fingerprint density at radius 1 is 0.686 bits per heavy atom.